The molecular weight excluding hydrogens is 476 g/mol. The lowest BCUT2D eigenvalue weighted by atomic mass is 9.94. The molecule has 0 aliphatic heterocycles. The monoisotopic (exact) mass is 518 g/mol. The molecule has 0 saturated carbocycles. The summed E-state index contributed by atoms with van der Waals surface area (Å²) in [6, 6.07) is 5.57. The average Bonchev–Trinajstić information content (AvgIpc) is 2.77. The molecule has 0 bridgehead atoms. The number of hydrogen-bond donors (Lipinski definition) is 2. The first-order valence-corrected chi connectivity index (χ1v) is 13.8. The van der Waals surface area contributed by atoms with Gasteiger partial charge in [0.1, 0.15) is 24.2 Å². The lowest BCUT2D eigenvalue weighted by Crippen LogP contribution is -2.54. The van der Waals surface area contributed by atoms with Gasteiger partial charge in [0.15, 0.2) is 0 Å². The van der Waals surface area contributed by atoms with Gasteiger partial charge in [0, 0.05) is 6.04 Å². The van der Waals surface area contributed by atoms with Crippen LogP contribution in [0.5, 0.6) is 0 Å². The van der Waals surface area contributed by atoms with E-state index < -0.39 is 29.7 Å². The lowest BCUT2D eigenvalue weighted by molar-refractivity contribution is -0.142. The smallest absolute Gasteiger partial charge is 0.408 e. The van der Waals surface area contributed by atoms with E-state index in [4.69, 9.17) is 4.74 Å². The number of rotatable bonds is 12. The first-order chi connectivity index (χ1) is 16.9. The number of amides is 3. The summed E-state index contributed by atoms with van der Waals surface area (Å²) in [7, 11) is 0. The van der Waals surface area contributed by atoms with Gasteiger partial charge in [-0.05, 0) is 83.1 Å². The maximum atomic E-state index is 13.9. The topological polar surface area (TPSA) is 112 Å². The van der Waals surface area contributed by atoms with E-state index in [2.05, 4.69) is 10.6 Å². The Morgan fingerprint density at radius 2 is 1.83 bits per heavy atom. The molecule has 0 saturated heterocycles. The van der Waals surface area contributed by atoms with Gasteiger partial charge in [-0.25, -0.2) is 4.79 Å². The SMILES string of the molecule is CCCC(C)NC(=O)C(c1cccc(C)c1C)N(CC#N)C(=O)C(CCSC)NC(=O)OC(C)(C)C. The van der Waals surface area contributed by atoms with E-state index >= 15 is 0 Å². The Morgan fingerprint density at radius 3 is 2.39 bits per heavy atom. The summed E-state index contributed by atoms with van der Waals surface area (Å²) in [4.78, 5) is 41.3. The number of benzene rings is 1. The Morgan fingerprint density at radius 1 is 1.17 bits per heavy atom. The van der Waals surface area contributed by atoms with Crippen LogP contribution in [0.2, 0.25) is 0 Å². The summed E-state index contributed by atoms with van der Waals surface area (Å²) in [5, 5.41) is 15.3. The molecule has 36 heavy (non-hydrogen) atoms. The van der Waals surface area contributed by atoms with Crippen LogP contribution in [0.3, 0.4) is 0 Å². The quantitative estimate of drug-likeness (QED) is 0.390. The van der Waals surface area contributed by atoms with Gasteiger partial charge in [0.2, 0.25) is 11.8 Å². The van der Waals surface area contributed by atoms with E-state index in [1.54, 1.807) is 20.8 Å². The standard InChI is InChI=1S/C27H42N4O4S/c1-9-11-19(3)29-24(32)23(21-13-10-12-18(2)20(21)4)31(16-15-28)25(33)22(14-17-36-8)30-26(34)35-27(5,6)7/h10,12-13,19,22-23H,9,11,14,16-17H2,1-8H3,(H,29,32)(H,30,34). The average molecular weight is 519 g/mol. The van der Waals surface area contributed by atoms with E-state index in [0.29, 0.717) is 17.7 Å². The molecule has 2 N–H and O–H groups in total. The number of nitrogens with one attached hydrogen (secondary N) is 2. The van der Waals surface area contributed by atoms with Crippen molar-refractivity contribution < 1.29 is 19.1 Å². The predicted octanol–water partition coefficient (Wildman–Crippen LogP) is 4.65. The molecule has 0 spiro atoms. The van der Waals surface area contributed by atoms with Crippen molar-refractivity contribution in [2.45, 2.75) is 91.5 Å². The van der Waals surface area contributed by atoms with Crippen LogP contribution in [0.15, 0.2) is 18.2 Å². The third kappa shape index (κ3) is 9.73. The Bertz CT molecular complexity index is 939. The molecule has 1 aromatic carbocycles. The van der Waals surface area contributed by atoms with Crippen LogP contribution >= 0.6 is 11.8 Å². The first kappa shape index (κ1) is 31.3. The molecule has 200 valence electrons. The minimum atomic E-state index is -1.02. The molecule has 8 nitrogen and oxygen atoms in total. The van der Waals surface area contributed by atoms with Crippen molar-refractivity contribution in [2.24, 2.45) is 0 Å². The first-order valence-electron chi connectivity index (χ1n) is 12.4. The van der Waals surface area contributed by atoms with Gasteiger partial charge < -0.3 is 20.3 Å². The van der Waals surface area contributed by atoms with Crippen molar-refractivity contribution in [1.82, 2.24) is 15.5 Å². The Balaban J connectivity index is 3.50. The van der Waals surface area contributed by atoms with Crippen LogP contribution in [0, 0.1) is 25.2 Å². The number of nitriles is 1. The number of carbonyl (C=O) groups is 3. The van der Waals surface area contributed by atoms with Gasteiger partial charge >= 0.3 is 6.09 Å². The molecule has 0 heterocycles. The van der Waals surface area contributed by atoms with E-state index in [9.17, 15) is 19.6 Å². The maximum Gasteiger partial charge on any atom is 0.408 e. The lowest BCUT2D eigenvalue weighted by Gasteiger charge is -2.34. The number of carbonyl (C=O) groups excluding carboxylic acids is 3. The number of thioether (sulfide) groups is 1. The molecule has 3 amide bonds. The van der Waals surface area contributed by atoms with Crippen molar-refractivity contribution in [3.63, 3.8) is 0 Å². The second kappa shape index (κ2) is 14.7. The van der Waals surface area contributed by atoms with Crippen molar-refractivity contribution >= 4 is 29.7 Å². The molecule has 0 aliphatic carbocycles. The highest BCUT2D eigenvalue weighted by molar-refractivity contribution is 7.98. The van der Waals surface area contributed by atoms with Gasteiger partial charge in [0.25, 0.3) is 0 Å². The summed E-state index contributed by atoms with van der Waals surface area (Å²) >= 11 is 1.53. The fourth-order valence-corrected chi connectivity index (χ4v) is 4.33. The van der Waals surface area contributed by atoms with Crippen molar-refractivity contribution in [2.75, 3.05) is 18.6 Å². The van der Waals surface area contributed by atoms with Gasteiger partial charge in [0.05, 0.1) is 6.07 Å². The van der Waals surface area contributed by atoms with Crippen molar-refractivity contribution in [3.8, 4) is 6.07 Å². The molecule has 0 aromatic heterocycles. The third-order valence-corrected chi connectivity index (χ3v) is 6.38. The summed E-state index contributed by atoms with van der Waals surface area (Å²) in [5.41, 5.74) is 1.76. The minimum Gasteiger partial charge on any atom is -0.444 e. The summed E-state index contributed by atoms with van der Waals surface area (Å²) in [5.74, 6) is -0.254. The zero-order chi connectivity index (χ0) is 27.5. The second-order valence-corrected chi connectivity index (χ2v) is 11.0. The van der Waals surface area contributed by atoms with Crippen LogP contribution in [-0.4, -0.2) is 59.0 Å². The zero-order valence-electron chi connectivity index (χ0n) is 22.9. The predicted molar refractivity (Wildman–Crippen MR) is 145 cm³/mol. The van der Waals surface area contributed by atoms with E-state index in [1.807, 2.05) is 58.2 Å². The molecule has 1 aromatic rings. The summed E-state index contributed by atoms with van der Waals surface area (Å²) in [6.07, 6.45) is 3.20. The zero-order valence-corrected chi connectivity index (χ0v) is 23.8. The Kier molecular flexibility index (Phi) is 12.8. The highest BCUT2D eigenvalue weighted by Gasteiger charge is 2.37. The summed E-state index contributed by atoms with van der Waals surface area (Å²) < 4.78 is 5.37. The second-order valence-electron chi connectivity index (χ2n) is 9.99. The van der Waals surface area contributed by atoms with Crippen molar-refractivity contribution in [1.29, 1.82) is 5.26 Å². The molecule has 0 aliphatic rings. The van der Waals surface area contributed by atoms with Crippen LogP contribution in [0.25, 0.3) is 0 Å². The number of hydrogen-bond acceptors (Lipinski definition) is 6. The van der Waals surface area contributed by atoms with Crippen molar-refractivity contribution in [3.05, 3.63) is 34.9 Å². The number of ether oxygens (including phenoxy) is 1. The van der Waals surface area contributed by atoms with Crippen LogP contribution in [0.4, 0.5) is 4.79 Å². The van der Waals surface area contributed by atoms with Gasteiger partial charge in [-0.1, -0.05) is 31.5 Å². The van der Waals surface area contributed by atoms with Crippen LogP contribution < -0.4 is 10.6 Å². The van der Waals surface area contributed by atoms with Gasteiger partial charge in [-0.2, -0.15) is 17.0 Å². The summed E-state index contributed by atoms with van der Waals surface area (Å²) in [6.45, 7) is 12.7. The highest BCUT2D eigenvalue weighted by atomic mass is 32.2. The fourth-order valence-electron chi connectivity index (χ4n) is 3.86. The van der Waals surface area contributed by atoms with Gasteiger partial charge in [-0.3, -0.25) is 9.59 Å². The van der Waals surface area contributed by atoms with E-state index in [-0.39, 0.29) is 18.5 Å². The Hall–Kier alpha value is -2.73. The van der Waals surface area contributed by atoms with Crippen LogP contribution in [0.1, 0.15) is 76.6 Å². The number of nitrogens with zero attached hydrogens (tertiary/aromatic N) is 2. The normalized spacial score (nSPS) is 13.6. The minimum absolute atomic E-state index is 0.0960. The molecule has 1 rings (SSSR count). The number of aryl methyl sites for hydroxylation is 1. The van der Waals surface area contributed by atoms with E-state index in [0.717, 1.165) is 24.0 Å². The molecule has 3 unspecified atom stereocenters. The molecule has 0 fully saturated rings. The Labute approximate surface area is 220 Å². The largest absolute Gasteiger partial charge is 0.444 e. The molecule has 0 radical (unpaired) electrons. The van der Waals surface area contributed by atoms with Gasteiger partial charge in [-0.15, -0.1) is 0 Å². The van der Waals surface area contributed by atoms with Crippen LogP contribution in [-0.2, 0) is 14.3 Å². The fraction of sp³-hybridized carbons (Fsp3) is 0.630. The van der Waals surface area contributed by atoms with E-state index in [1.165, 1.54) is 16.7 Å². The molecule has 9 heteroatoms. The number of alkyl carbamates (subject to hydrolysis) is 1. The molecule has 3 atom stereocenters. The molecular formula is C27H42N4O4S. The third-order valence-electron chi connectivity index (χ3n) is 5.74. The highest BCUT2D eigenvalue weighted by Crippen LogP contribution is 2.28. The maximum absolute atomic E-state index is 13.9.